The van der Waals surface area contributed by atoms with Crippen LogP contribution in [-0.4, -0.2) is 32.6 Å². The number of nitrogens with one attached hydrogen (secondary N) is 1. The van der Waals surface area contributed by atoms with E-state index < -0.39 is 6.04 Å². The smallest absolute Gasteiger partial charge is 0.245 e. The van der Waals surface area contributed by atoms with Crippen LogP contribution >= 0.6 is 39.5 Å². The van der Waals surface area contributed by atoms with Gasteiger partial charge in [-0.2, -0.15) is 5.10 Å². The highest BCUT2D eigenvalue weighted by atomic mass is 79.9. The topological polar surface area (TPSA) is 53.9 Å². The molecule has 25 heavy (non-hydrogen) atoms. The Morgan fingerprint density at radius 2 is 2.16 bits per heavy atom. The summed E-state index contributed by atoms with van der Waals surface area (Å²) >= 11 is 10.4. The maximum Gasteiger partial charge on any atom is 0.245 e. The molecule has 5 nitrogen and oxygen atoms in total. The number of thiophene rings is 1. The van der Waals surface area contributed by atoms with Crippen LogP contribution in [0.2, 0.25) is 0 Å². The van der Waals surface area contributed by atoms with E-state index in [2.05, 4.69) is 26.1 Å². The summed E-state index contributed by atoms with van der Waals surface area (Å²) in [4.78, 5) is 15.6. The van der Waals surface area contributed by atoms with Gasteiger partial charge in [0, 0.05) is 18.1 Å². The molecule has 0 aliphatic rings. The molecule has 1 atom stereocenters. The fourth-order valence-corrected chi connectivity index (χ4v) is 4.04. The van der Waals surface area contributed by atoms with Gasteiger partial charge in [-0.05, 0) is 42.2 Å². The molecular weight excluding hydrogens is 420 g/mol. The second-order valence-corrected chi connectivity index (χ2v) is 7.85. The normalized spacial score (nSPS) is 12.1. The first kappa shape index (κ1) is 18.0. The van der Waals surface area contributed by atoms with E-state index in [1.807, 2.05) is 48.7 Å². The predicted molar refractivity (Wildman–Crippen MR) is 106 cm³/mol. The van der Waals surface area contributed by atoms with Gasteiger partial charge in [0.2, 0.25) is 5.91 Å². The molecular formula is C17H17BrN4OS2. The minimum Gasteiger partial charge on any atom is -0.340 e. The van der Waals surface area contributed by atoms with E-state index >= 15 is 0 Å². The number of halogens is 1. The van der Waals surface area contributed by atoms with E-state index in [0.29, 0.717) is 17.1 Å². The Labute approximate surface area is 163 Å². The number of H-pyrrole nitrogens is 1. The Morgan fingerprint density at radius 1 is 1.40 bits per heavy atom. The number of carbonyl (C=O) groups is 1. The van der Waals surface area contributed by atoms with E-state index in [1.165, 1.54) is 0 Å². The summed E-state index contributed by atoms with van der Waals surface area (Å²) in [5.74, 6) is 0.668. The number of aromatic nitrogens is 3. The highest BCUT2D eigenvalue weighted by Gasteiger charge is 2.24. The lowest BCUT2D eigenvalue weighted by molar-refractivity contribution is -0.133. The fourth-order valence-electron chi connectivity index (χ4n) is 2.63. The van der Waals surface area contributed by atoms with Crippen molar-refractivity contribution in [1.29, 1.82) is 0 Å². The zero-order valence-electron chi connectivity index (χ0n) is 13.8. The molecule has 1 aromatic carbocycles. The second kappa shape index (κ2) is 7.63. The number of carbonyl (C=O) groups excluding carboxylic acids is 1. The highest BCUT2D eigenvalue weighted by molar-refractivity contribution is 9.10. The molecule has 0 aliphatic carbocycles. The minimum atomic E-state index is -0.448. The van der Waals surface area contributed by atoms with E-state index in [4.69, 9.17) is 12.2 Å². The van der Waals surface area contributed by atoms with E-state index in [9.17, 15) is 4.79 Å². The SMILES string of the molecule is CC(C(=O)N(C)Cc1ccccc1Br)n1c(-c2cccs2)n[nH]c1=S. The first-order valence-corrected chi connectivity index (χ1v) is 9.76. The van der Waals surface area contributed by atoms with Crippen LogP contribution in [0.25, 0.3) is 10.7 Å². The van der Waals surface area contributed by atoms with Crippen molar-refractivity contribution in [3.8, 4) is 10.7 Å². The van der Waals surface area contributed by atoms with Gasteiger partial charge in [0.15, 0.2) is 10.6 Å². The third-order valence-corrected chi connectivity index (χ3v) is 5.86. The lowest BCUT2D eigenvalue weighted by Crippen LogP contribution is -2.33. The van der Waals surface area contributed by atoms with Crippen LogP contribution in [0.5, 0.6) is 0 Å². The molecule has 1 unspecified atom stereocenters. The molecule has 3 aromatic rings. The largest absolute Gasteiger partial charge is 0.340 e. The van der Waals surface area contributed by atoms with Crippen LogP contribution in [0, 0.1) is 4.77 Å². The molecule has 8 heteroatoms. The number of hydrogen-bond acceptors (Lipinski definition) is 4. The standard InChI is InChI=1S/C17H17BrN4OS2/c1-11(16(23)21(2)10-12-6-3-4-7-13(12)18)22-15(19-20-17(22)24)14-8-5-9-25-14/h3-9,11H,10H2,1-2H3,(H,20,24). The maximum atomic E-state index is 12.9. The summed E-state index contributed by atoms with van der Waals surface area (Å²) in [5, 5.41) is 9.08. The van der Waals surface area contributed by atoms with Gasteiger partial charge >= 0.3 is 0 Å². The second-order valence-electron chi connectivity index (χ2n) is 5.66. The van der Waals surface area contributed by atoms with E-state index in [-0.39, 0.29) is 5.91 Å². The summed E-state index contributed by atoms with van der Waals surface area (Å²) < 4.78 is 3.21. The van der Waals surface area contributed by atoms with Crippen molar-refractivity contribution in [2.45, 2.75) is 19.5 Å². The lowest BCUT2D eigenvalue weighted by Gasteiger charge is -2.23. The van der Waals surface area contributed by atoms with Gasteiger partial charge in [0.25, 0.3) is 0 Å². The van der Waals surface area contributed by atoms with E-state index in [1.54, 1.807) is 27.9 Å². The Bertz CT molecular complexity index is 932. The van der Waals surface area contributed by atoms with Crippen LogP contribution in [0.4, 0.5) is 0 Å². The van der Waals surface area contributed by atoms with Crippen molar-refractivity contribution in [3.63, 3.8) is 0 Å². The molecule has 0 aliphatic heterocycles. The third kappa shape index (κ3) is 3.75. The zero-order valence-corrected chi connectivity index (χ0v) is 17.0. The molecule has 0 radical (unpaired) electrons. The lowest BCUT2D eigenvalue weighted by atomic mass is 10.2. The Hall–Kier alpha value is -1.77. The summed E-state index contributed by atoms with van der Waals surface area (Å²) in [6, 6.07) is 11.4. The number of amides is 1. The predicted octanol–water partition coefficient (Wildman–Crippen LogP) is 4.65. The summed E-state index contributed by atoms with van der Waals surface area (Å²) in [6.07, 6.45) is 0. The van der Waals surface area contributed by atoms with Crippen LogP contribution in [0.3, 0.4) is 0 Å². The van der Waals surface area contributed by atoms with Gasteiger partial charge in [-0.25, -0.2) is 0 Å². The number of nitrogens with zero attached hydrogens (tertiary/aromatic N) is 3. The van der Waals surface area contributed by atoms with Gasteiger partial charge < -0.3 is 4.90 Å². The average molecular weight is 437 g/mol. The molecule has 2 heterocycles. The minimum absolute atomic E-state index is 0.0222. The van der Waals surface area contributed by atoms with Crippen LogP contribution in [0.15, 0.2) is 46.3 Å². The Balaban J connectivity index is 1.85. The van der Waals surface area contributed by atoms with Crippen molar-refractivity contribution < 1.29 is 4.79 Å². The van der Waals surface area contributed by atoms with Crippen LogP contribution in [-0.2, 0) is 11.3 Å². The van der Waals surface area contributed by atoms with Crippen molar-refractivity contribution in [3.05, 3.63) is 56.6 Å². The Morgan fingerprint density at radius 3 is 2.84 bits per heavy atom. The molecule has 0 bridgehead atoms. The van der Waals surface area contributed by atoms with E-state index in [0.717, 1.165) is 14.9 Å². The zero-order chi connectivity index (χ0) is 18.0. The van der Waals surface area contributed by atoms with Crippen LogP contribution < -0.4 is 0 Å². The van der Waals surface area contributed by atoms with Gasteiger partial charge in [0.05, 0.1) is 4.88 Å². The first-order chi connectivity index (χ1) is 12.0. The first-order valence-electron chi connectivity index (χ1n) is 7.68. The highest BCUT2D eigenvalue weighted by Crippen LogP contribution is 2.26. The number of rotatable bonds is 5. The van der Waals surface area contributed by atoms with Gasteiger partial charge in [0.1, 0.15) is 6.04 Å². The molecule has 0 saturated carbocycles. The molecule has 0 fully saturated rings. The molecule has 2 aromatic heterocycles. The maximum absolute atomic E-state index is 12.9. The molecule has 0 spiro atoms. The van der Waals surface area contributed by atoms with Crippen LogP contribution in [0.1, 0.15) is 18.5 Å². The van der Waals surface area contributed by atoms with Gasteiger partial charge in [-0.15, -0.1) is 11.3 Å². The molecule has 130 valence electrons. The molecule has 1 N–H and O–H groups in total. The van der Waals surface area contributed by atoms with Gasteiger partial charge in [-0.3, -0.25) is 14.5 Å². The average Bonchev–Trinajstić information content (AvgIpc) is 3.25. The number of hydrogen-bond donors (Lipinski definition) is 1. The van der Waals surface area contributed by atoms with Crippen molar-refractivity contribution in [1.82, 2.24) is 19.7 Å². The van der Waals surface area contributed by atoms with Crippen molar-refractivity contribution >= 4 is 45.4 Å². The molecule has 3 rings (SSSR count). The summed E-state index contributed by atoms with van der Waals surface area (Å²) in [5.41, 5.74) is 1.06. The van der Waals surface area contributed by atoms with Crippen molar-refractivity contribution in [2.24, 2.45) is 0 Å². The number of benzene rings is 1. The summed E-state index contributed by atoms with van der Waals surface area (Å²) in [7, 11) is 1.80. The van der Waals surface area contributed by atoms with Gasteiger partial charge in [-0.1, -0.05) is 40.2 Å². The molecule has 0 saturated heterocycles. The summed E-state index contributed by atoms with van der Waals surface area (Å²) in [6.45, 7) is 2.37. The molecule has 1 amide bonds. The monoisotopic (exact) mass is 436 g/mol. The van der Waals surface area contributed by atoms with Crippen molar-refractivity contribution in [2.75, 3.05) is 7.05 Å². The third-order valence-electron chi connectivity index (χ3n) is 3.93. The number of aromatic amines is 1. The quantitative estimate of drug-likeness (QED) is 0.592. The number of likely N-dealkylation sites (N-methyl/N-ethyl adjacent to an activating group) is 1. The fraction of sp³-hybridized carbons (Fsp3) is 0.235. The Kier molecular flexibility index (Phi) is 5.51.